The Morgan fingerprint density at radius 2 is 2.08 bits per heavy atom. The third-order valence-electron chi connectivity index (χ3n) is 4.43. The third kappa shape index (κ3) is 4.00. The molecule has 0 unspecified atom stereocenters. The molecule has 2 heterocycles. The highest BCUT2D eigenvalue weighted by molar-refractivity contribution is 7.09. The molecule has 0 radical (unpaired) electrons. The molecule has 1 aromatic carbocycles. The molecule has 1 aliphatic rings. The van der Waals surface area contributed by atoms with Crippen molar-refractivity contribution in [3.05, 3.63) is 50.0 Å². The summed E-state index contributed by atoms with van der Waals surface area (Å²) in [5.41, 5.74) is 2.08. The molecule has 9 heteroatoms. The van der Waals surface area contributed by atoms with Crippen molar-refractivity contribution in [1.29, 1.82) is 0 Å². The number of carbonyl (C=O) groups excluding carboxylic acids is 1. The van der Waals surface area contributed by atoms with Crippen LogP contribution in [0.4, 0.5) is 11.4 Å². The maximum atomic E-state index is 12.2. The van der Waals surface area contributed by atoms with Gasteiger partial charge in [-0.25, -0.2) is 4.98 Å². The van der Waals surface area contributed by atoms with E-state index in [0.29, 0.717) is 5.56 Å². The summed E-state index contributed by atoms with van der Waals surface area (Å²) in [6.45, 7) is 6.03. The van der Waals surface area contributed by atoms with Crippen LogP contribution in [0.25, 0.3) is 0 Å². The number of hydrogen-bond acceptors (Lipinski definition) is 7. The Labute approximate surface area is 155 Å². The van der Waals surface area contributed by atoms with E-state index < -0.39 is 4.92 Å². The van der Waals surface area contributed by atoms with Crippen molar-refractivity contribution in [2.45, 2.75) is 13.5 Å². The Kier molecular flexibility index (Phi) is 5.48. The van der Waals surface area contributed by atoms with Crippen molar-refractivity contribution in [3.63, 3.8) is 0 Å². The summed E-state index contributed by atoms with van der Waals surface area (Å²) in [4.78, 5) is 31.7. The van der Waals surface area contributed by atoms with Crippen LogP contribution in [0, 0.1) is 17.0 Å². The summed E-state index contributed by atoms with van der Waals surface area (Å²) in [5.74, 6) is -0.316. The van der Waals surface area contributed by atoms with Crippen LogP contribution in [0.2, 0.25) is 0 Å². The Morgan fingerprint density at radius 1 is 1.35 bits per heavy atom. The third-order valence-corrected chi connectivity index (χ3v) is 5.25. The van der Waals surface area contributed by atoms with E-state index in [1.54, 1.807) is 17.4 Å². The zero-order chi connectivity index (χ0) is 18.7. The number of nitro benzene ring substituents is 1. The molecule has 1 saturated heterocycles. The fourth-order valence-electron chi connectivity index (χ4n) is 3.09. The van der Waals surface area contributed by atoms with Crippen molar-refractivity contribution in [2.75, 3.05) is 38.1 Å². The first-order chi connectivity index (χ1) is 12.5. The van der Waals surface area contributed by atoms with Gasteiger partial charge in [0.05, 0.1) is 26.9 Å². The highest BCUT2D eigenvalue weighted by Gasteiger charge is 2.23. The number of non-ortho nitro benzene ring substituents is 1. The van der Waals surface area contributed by atoms with Crippen LogP contribution in [0.3, 0.4) is 0 Å². The average Bonchev–Trinajstić information content (AvgIpc) is 3.06. The number of piperazine rings is 1. The zero-order valence-corrected chi connectivity index (χ0v) is 15.6. The van der Waals surface area contributed by atoms with Gasteiger partial charge in [0.15, 0.2) is 0 Å². The van der Waals surface area contributed by atoms with E-state index in [0.717, 1.165) is 49.1 Å². The van der Waals surface area contributed by atoms with Crippen molar-refractivity contribution >= 4 is 28.6 Å². The number of anilines is 1. The number of aryl methyl sites for hydroxylation is 1. The van der Waals surface area contributed by atoms with Crippen LogP contribution in [-0.2, 0) is 6.54 Å². The van der Waals surface area contributed by atoms with Gasteiger partial charge in [0.2, 0.25) is 0 Å². The molecule has 1 amide bonds. The van der Waals surface area contributed by atoms with Crippen molar-refractivity contribution in [2.24, 2.45) is 0 Å². The van der Waals surface area contributed by atoms with Crippen molar-refractivity contribution < 1.29 is 9.72 Å². The fourth-order valence-corrected chi connectivity index (χ4v) is 3.69. The molecule has 26 heavy (non-hydrogen) atoms. The quantitative estimate of drug-likeness (QED) is 0.635. The van der Waals surface area contributed by atoms with Gasteiger partial charge in [0, 0.05) is 57.3 Å². The number of hydrogen-bond donors (Lipinski definition) is 1. The second kappa shape index (κ2) is 7.79. The first kappa shape index (κ1) is 18.3. The Bertz CT molecular complexity index is 814. The predicted molar refractivity (Wildman–Crippen MR) is 101 cm³/mol. The van der Waals surface area contributed by atoms with E-state index in [4.69, 9.17) is 0 Å². The predicted octanol–water partition coefficient (Wildman–Crippen LogP) is 2.04. The SMILES string of the molecule is CNC(=O)c1cc([N+](=O)[O-])ccc1N1CCN(Cc2csc(C)n2)CC1. The van der Waals surface area contributed by atoms with Crippen LogP contribution < -0.4 is 10.2 Å². The Hall–Kier alpha value is -2.52. The molecule has 3 rings (SSSR count). The molecule has 0 atom stereocenters. The maximum absolute atomic E-state index is 12.2. The van der Waals surface area contributed by atoms with E-state index in [1.165, 1.54) is 19.2 Å². The molecule has 2 aromatic rings. The van der Waals surface area contributed by atoms with Gasteiger partial charge >= 0.3 is 0 Å². The number of carbonyl (C=O) groups is 1. The largest absolute Gasteiger partial charge is 0.368 e. The maximum Gasteiger partial charge on any atom is 0.270 e. The molecule has 1 aromatic heterocycles. The van der Waals surface area contributed by atoms with Crippen molar-refractivity contribution in [1.82, 2.24) is 15.2 Å². The molecule has 0 saturated carbocycles. The summed E-state index contributed by atoms with van der Waals surface area (Å²) >= 11 is 1.65. The summed E-state index contributed by atoms with van der Waals surface area (Å²) in [6.07, 6.45) is 0. The Morgan fingerprint density at radius 3 is 2.65 bits per heavy atom. The minimum absolute atomic E-state index is 0.0788. The molecular weight excluding hydrogens is 354 g/mol. The number of amides is 1. The molecule has 1 fully saturated rings. The number of nitro groups is 1. The van der Waals surface area contributed by atoms with Gasteiger partial charge in [-0.2, -0.15) is 0 Å². The molecule has 138 valence electrons. The van der Waals surface area contributed by atoms with Gasteiger partial charge in [-0.3, -0.25) is 19.8 Å². The monoisotopic (exact) mass is 375 g/mol. The van der Waals surface area contributed by atoms with Gasteiger partial charge < -0.3 is 10.2 Å². The van der Waals surface area contributed by atoms with Crippen LogP contribution in [0.15, 0.2) is 23.6 Å². The number of rotatable bonds is 5. The van der Waals surface area contributed by atoms with E-state index in [1.807, 2.05) is 6.92 Å². The number of thiazole rings is 1. The second-order valence-corrected chi connectivity index (χ2v) is 7.22. The van der Waals surface area contributed by atoms with Gasteiger partial charge in [-0.15, -0.1) is 11.3 Å². The summed E-state index contributed by atoms with van der Waals surface area (Å²) in [7, 11) is 1.53. The summed E-state index contributed by atoms with van der Waals surface area (Å²) in [6, 6.07) is 4.47. The molecular formula is C17H21N5O3S. The van der Waals surface area contributed by atoms with Crippen LogP contribution in [-0.4, -0.2) is 53.9 Å². The fraction of sp³-hybridized carbons (Fsp3) is 0.412. The minimum Gasteiger partial charge on any atom is -0.368 e. The van der Waals surface area contributed by atoms with Gasteiger partial charge in [-0.1, -0.05) is 0 Å². The number of benzene rings is 1. The zero-order valence-electron chi connectivity index (χ0n) is 14.8. The molecule has 0 aliphatic carbocycles. The normalized spacial score (nSPS) is 15.1. The van der Waals surface area contributed by atoms with Crippen LogP contribution in [0.1, 0.15) is 21.1 Å². The minimum atomic E-state index is -0.482. The van der Waals surface area contributed by atoms with Crippen LogP contribution >= 0.6 is 11.3 Å². The van der Waals surface area contributed by atoms with Crippen LogP contribution in [0.5, 0.6) is 0 Å². The lowest BCUT2D eigenvalue weighted by molar-refractivity contribution is -0.384. The number of aromatic nitrogens is 1. The van der Waals surface area contributed by atoms with Gasteiger partial charge in [0.25, 0.3) is 11.6 Å². The van der Waals surface area contributed by atoms with Gasteiger partial charge in [-0.05, 0) is 13.0 Å². The van der Waals surface area contributed by atoms with E-state index in [2.05, 4.69) is 25.5 Å². The lowest BCUT2D eigenvalue weighted by Gasteiger charge is -2.36. The van der Waals surface area contributed by atoms with E-state index in [9.17, 15) is 14.9 Å². The lowest BCUT2D eigenvalue weighted by atomic mass is 10.1. The molecule has 0 spiro atoms. The molecule has 1 N–H and O–H groups in total. The van der Waals surface area contributed by atoms with Crippen molar-refractivity contribution in [3.8, 4) is 0 Å². The van der Waals surface area contributed by atoms with Gasteiger partial charge in [0.1, 0.15) is 0 Å². The number of nitrogens with zero attached hydrogens (tertiary/aromatic N) is 4. The number of nitrogens with one attached hydrogen (secondary N) is 1. The smallest absolute Gasteiger partial charge is 0.270 e. The first-order valence-corrected chi connectivity index (χ1v) is 9.24. The molecule has 8 nitrogen and oxygen atoms in total. The first-order valence-electron chi connectivity index (χ1n) is 8.36. The standard InChI is InChI=1S/C17H21N5O3S/c1-12-19-13(11-26-12)10-20-5-7-21(8-6-20)16-4-3-14(22(24)25)9-15(16)17(23)18-2/h3-4,9,11H,5-8,10H2,1-2H3,(H,18,23). The topological polar surface area (TPSA) is 91.6 Å². The average molecular weight is 375 g/mol. The highest BCUT2D eigenvalue weighted by atomic mass is 32.1. The second-order valence-electron chi connectivity index (χ2n) is 6.16. The summed E-state index contributed by atoms with van der Waals surface area (Å²) < 4.78 is 0. The lowest BCUT2D eigenvalue weighted by Crippen LogP contribution is -2.46. The summed E-state index contributed by atoms with van der Waals surface area (Å²) in [5, 5.41) is 16.7. The van der Waals surface area contributed by atoms with E-state index in [-0.39, 0.29) is 11.6 Å². The highest BCUT2D eigenvalue weighted by Crippen LogP contribution is 2.27. The molecule has 1 aliphatic heterocycles. The Balaban J connectivity index is 1.72. The van der Waals surface area contributed by atoms with E-state index >= 15 is 0 Å². The molecule has 0 bridgehead atoms.